The van der Waals surface area contributed by atoms with Crippen LogP contribution in [0.15, 0.2) is 0 Å². The highest BCUT2D eigenvalue weighted by Crippen LogP contribution is 2.17. The molecule has 0 heterocycles. The van der Waals surface area contributed by atoms with Crippen molar-refractivity contribution >= 4 is 0 Å². The maximum Gasteiger partial charge on any atom is 0.165 e. The number of aliphatic hydroxyl groups is 2. The summed E-state index contributed by atoms with van der Waals surface area (Å²) in [4.78, 5) is 0. The van der Waals surface area contributed by atoms with Gasteiger partial charge in [-0.3, -0.25) is 0 Å². The van der Waals surface area contributed by atoms with Gasteiger partial charge in [-0.15, -0.1) is 0 Å². The fourth-order valence-electron chi connectivity index (χ4n) is 1.25. The second-order valence-electron chi connectivity index (χ2n) is 4.79. The Morgan fingerprint density at radius 3 is 2.00 bits per heavy atom. The quantitative estimate of drug-likeness (QED) is 0.651. The average Bonchev–Trinajstić information content (AvgIpc) is 1.98. The fraction of sp³-hybridized carbons (Fsp3) is 1.00. The molecule has 0 rings (SSSR count). The van der Waals surface area contributed by atoms with Crippen molar-refractivity contribution in [1.82, 2.24) is 0 Å². The van der Waals surface area contributed by atoms with Crippen molar-refractivity contribution in [2.75, 3.05) is 7.11 Å². The first-order chi connectivity index (χ1) is 7.06. The van der Waals surface area contributed by atoms with Crippen LogP contribution in [0.2, 0.25) is 0 Å². The lowest BCUT2D eigenvalue weighted by molar-refractivity contribution is -0.285. The molecule has 16 heavy (non-hydrogen) atoms. The zero-order chi connectivity index (χ0) is 13.0. The molecule has 0 aromatic rings. The Morgan fingerprint density at radius 2 is 1.62 bits per heavy atom. The first-order valence-corrected chi connectivity index (χ1v) is 5.37. The molecule has 0 saturated carbocycles. The molecule has 5 heteroatoms. The van der Waals surface area contributed by atoms with Crippen molar-refractivity contribution in [1.29, 1.82) is 0 Å². The number of methoxy groups -OCH3 is 1. The van der Waals surface area contributed by atoms with E-state index in [9.17, 15) is 10.2 Å². The Bertz CT molecular complexity index is 197. The monoisotopic (exact) mass is 236 g/mol. The third kappa shape index (κ3) is 8.01. The maximum atomic E-state index is 9.62. The SMILES string of the molecule is COC(C)(C)O[C@@H](O)CC(C)OC(C)(C)O. The van der Waals surface area contributed by atoms with E-state index in [0.717, 1.165) is 0 Å². The molecule has 0 saturated heterocycles. The molecule has 5 nitrogen and oxygen atoms in total. The Morgan fingerprint density at radius 1 is 1.12 bits per heavy atom. The first kappa shape index (κ1) is 15.8. The summed E-state index contributed by atoms with van der Waals surface area (Å²) in [6.07, 6.45) is -1.05. The number of rotatable bonds is 7. The third-order valence-electron chi connectivity index (χ3n) is 1.93. The predicted octanol–water partition coefficient (Wildman–Crippen LogP) is 1.23. The Labute approximate surface area is 97.3 Å². The summed E-state index contributed by atoms with van der Waals surface area (Å²) in [6, 6.07) is 0. The van der Waals surface area contributed by atoms with Gasteiger partial charge in [0.1, 0.15) is 0 Å². The lowest BCUT2D eigenvalue weighted by Gasteiger charge is -2.29. The molecule has 0 amide bonds. The molecular formula is C11H24O5. The van der Waals surface area contributed by atoms with Gasteiger partial charge in [0.05, 0.1) is 6.10 Å². The lowest BCUT2D eigenvalue weighted by atomic mass is 10.2. The van der Waals surface area contributed by atoms with Crippen molar-refractivity contribution < 1.29 is 24.4 Å². The molecule has 0 aromatic heterocycles. The molecule has 98 valence electrons. The van der Waals surface area contributed by atoms with Crippen LogP contribution in [0.4, 0.5) is 0 Å². The summed E-state index contributed by atoms with van der Waals surface area (Å²) in [5.74, 6) is -2.05. The van der Waals surface area contributed by atoms with Crippen LogP contribution >= 0.6 is 0 Å². The smallest absolute Gasteiger partial charge is 0.165 e. The van der Waals surface area contributed by atoms with Crippen LogP contribution in [0.3, 0.4) is 0 Å². The predicted molar refractivity (Wildman–Crippen MR) is 59.6 cm³/mol. The summed E-state index contributed by atoms with van der Waals surface area (Å²) in [6.45, 7) is 8.24. The van der Waals surface area contributed by atoms with Crippen molar-refractivity contribution in [3.05, 3.63) is 0 Å². The molecule has 2 atom stereocenters. The zero-order valence-electron chi connectivity index (χ0n) is 11.0. The summed E-state index contributed by atoms with van der Waals surface area (Å²) < 4.78 is 15.5. The van der Waals surface area contributed by atoms with Crippen LogP contribution in [-0.4, -0.2) is 41.3 Å². The van der Waals surface area contributed by atoms with Crippen LogP contribution in [-0.2, 0) is 14.2 Å². The van der Waals surface area contributed by atoms with E-state index in [0.29, 0.717) is 0 Å². The minimum Gasteiger partial charge on any atom is -0.368 e. The largest absolute Gasteiger partial charge is 0.368 e. The van der Waals surface area contributed by atoms with Gasteiger partial charge in [0.15, 0.2) is 17.9 Å². The number of aliphatic hydroxyl groups excluding tert-OH is 1. The molecule has 1 unspecified atom stereocenters. The third-order valence-corrected chi connectivity index (χ3v) is 1.93. The molecule has 0 aliphatic carbocycles. The van der Waals surface area contributed by atoms with E-state index in [1.165, 1.54) is 21.0 Å². The molecule has 0 aliphatic heterocycles. The lowest BCUT2D eigenvalue weighted by Crippen LogP contribution is -2.36. The highest BCUT2D eigenvalue weighted by Gasteiger charge is 2.25. The highest BCUT2D eigenvalue weighted by atomic mass is 16.7. The summed E-state index contributed by atoms with van der Waals surface area (Å²) >= 11 is 0. The molecule has 0 spiro atoms. The fourth-order valence-corrected chi connectivity index (χ4v) is 1.25. The molecule has 0 radical (unpaired) electrons. The van der Waals surface area contributed by atoms with Crippen molar-refractivity contribution in [3.8, 4) is 0 Å². The van der Waals surface area contributed by atoms with Crippen LogP contribution in [0.5, 0.6) is 0 Å². The van der Waals surface area contributed by atoms with E-state index >= 15 is 0 Å². The van der Waals surface area contributed by atoms with Crippen LogP contribution < -0.4 is 0 Å². The van der Waals surface area contributed by atoms with Gasteiger partial charge in [-0.25, -0.2) is 0 Å². The molecule has 0 aliphatic rings. The normalized spacial score (nSPS) is 17.2. The number of hydrogen-bond donors (Lipinski definition) is 2. The first-order valence-electron chi connectivity index (χ1n) is 5.37. The van der Waals surface area contributed by atoms with Crippen LogP contribution in [0, 0.1) is 0 Å². The topological polar surface area (TPSA) is 68.2 Å². The minimum absolute atomic E-state index is 0.261. The van der Waals surface area contributed by atoms with Gasteiger partial charge in [0.25, 0.3) is 0 Å². The Kier molecular flexibility index (Phi) is 5.86. The van der Waals surface area contributed by atoms with E-state index in [4.69, 9.17) is 14.2 Å². The summed E-state index contributed by atoms with van der Waals surface area (Å²) in [5, 5.41) is 19.0. The van der Waals surface area contributed by atoms with E-state index in [-0.39, 0.29) is 12.5 Å². The standard InChI is InChI=1S/C11H24O5/c1-8(15-10(2,3)13)7-9(12)16-11(4,5)14-6/h8-9,12-13H,7H2,1-6H3/t8?,9-/m1/s1. The van der Waals surface area contributed by atoms with E-state index < -0.39 is 17.9 Å². The van der Waals surface area contributed by atoms with Crippen LogP contribution in [0.25, 0.3) is 0 Å². The van der Waals surface area contributed by atoms with Gasteiger partial charge in [-0.1, -0.05) is 0 Å². The molecule has 2 N–H and O–H groups in total. The second kappa shape index (κ2) is 5.93. The van der Waals surface area contributed by atoms with E-state index in [1.807, 2.05) is 0 Å². The van der Waals surface area contributed by atoms with Gasteiger partial charge < -0.3 is 24.4 Å². The Balaban J connectivity index is 4.01. The van der Waals surface area contributed by atoms with E-state index in [2.05, 4.69) is 0 Å². The second-order valence-corrected chi connectivity index (χ2v) is 4.79. The maximum absolute atomic E-state index is 9.62. The molecule has 0 aromatic carbocycles. The molecular weight excluding hydrogens is 212 g/mol. The van der Waals surface area contributed by atoms with Gasteiger partial charge in [0, 0.05) is 13.5 Å². The average molecular weight is 236 g/mol. The zero-order valence-corrected chi connectivity index (χ0v) is 11.0. The Hall–Kier alpha value is -0.200. The van der Waals surface area contributed by atoms with Gasteiger partial charge in [0.2, 0.25) is 0 Å². The van der Waals surface area contributed by atoms with Crippen molar-refractivity contribution in [2.45, 2.75) is 65.0 Å². The van der Waals surface area contributed by atoms with Gasteiger partial charge in [-0.05, 0) is 34.6 Å². The van der Waals surface area contributed by atoms with E-state index in [1.54, 1.807) is 20.8 Å². The summed E-state index contributed by atoms with van der Waals surface area (Å²) in [5.41, 5.74) is 0. The number of hydrogen-bond acceptors (Lipinski definition) is 5. The number of ether oxygens (including phenoxy) is 3. The van der Waals surface area contributed by atoms with Crippen LogP contribution in [0.1, 0.15) is 41.0 Å². The minimum atomic E-state index is -1.21. The van der Waals surface area contributed by atoms with Gasteiger partial charge in [-0.2, -0.15) is 0 Å². The van der Waals surface area contributed by atoms with Crippen molar-refractivity contribution in [3.63, 3.8) is 0 Å². The van der Waals surface area contributed by atoms with Gasteiger partial charge >= 0.3 is 0 Å². The highest BCUT2D eigenvalue weighted by molar-refractivity contribution is 4.61. The molecule has 0 fully saturated rings. The summed E-state index contributed by atoms with van der Waals surface area (Å²) in [7, 11) is 1.50. The molecule has 0 bridgehead atoms. The van der Waals surface area contributed by atoms with Crippen molar-refractivity contribution in [2.24, 2.45) is 0 Å².